The first-order valence-corrected chi connectivity index (χ1v) is 8.24. The van der Waals surface area contributed by atoms with Crippen LogP contribution in [-0.4, -0.2) is 52.2 Å². The minimum absolute atomic E-state index is 0.0700. The van der Waals surface area contributed by atoms with Gasteiger partial charge in [-0.25, -0.2) is 0 Å². The van der Waals surface area contributed by atoms with E-state index in [2.05, 4.69) is 36.1 Å². The Morgan fingerprint density at radius 3 is 2.93 bits per heavy atom. The Hall–Kier alpha value is -3.76. The SMILES string of the molecule is CC(C)Oc1ccc2c(NC(=O)c3cn[nH]c3-n3cnnn3)nn(C)c2c1. The van der Waals surface area contributed by atoms with Crippen LogP contribution in [0, 0.1) is 0 Å². The first-order valence-electron chi connectivity index (χ1n) is 8.24. The standard InChI is InChI=1S/C16H17N9O2/c1-9(2)27-10-4-5-11-13(6-10)24(3)21-14(11)19-16(26)12-7-17-20-15(12)25-8-18-22-23-25/h4-9H,1-3H3,(H,17,20)(H,19,21,26). The molecule has 0 spiro atoms. The van der Waals surface area contributed by atoms with Crippen LogP contribution in [0.2, 0.25) is 0 Å². The van der Waals surface area contributed by atoms with Crippen molar-refractivity contribution in [1.29, 1.82) is 0 Å². The molecule has 0 saturated heterocycles. The fourth-order valence-electron chi connectivity index (χ4n) is 2.73. The Morgan fingerprint density at radius 1 is 1.33 bits per heavy atom. The first-order chi connectivity index (χ1) is 13.0. The van der Waals surface area contributed by atoms with Gasteiger partial charge < -0.3 is 10.1 Å². The molecule has 0 aliphatic heterocycles. The quantitative estimate of drug-likeness (QED) is 0.544. The summed E-state index contributed by atoms with van der Waals surface area (Å²) in [6, 6.07) is 5.61. The predicted molar refractivity (Wildman–Crippen MR) is 95.7 cm³/mol. The lowest BCUT2D eigenvalue weighted by molar-refractivity contribution is 0.102. The number of ether oxygens (including phenoxy) is 1. The van der Waals surface area contributed by atoms with Crippen molar-refractivity contribution < 1.29 is 9.53 Å². The van der Waals surface area contributed by atoms with E-state index >= 15 is 0 Å². The second-order valence-corrected chi connectivity index (χ2v) is 6.16. The van der Waals surface area contributed by atoms with E-state index in [0.717, 1.165) is 16.7 Å². The number of nitrogens with zero attached hydrogens (tertiary/aromatic N) is 7. The van der Waals surface area contributed by atoms with Crippen LogP contribution in [0.1, 0.15) is 24.2 Å². The van der Waals surface area contributed by atoms with Crippen LogP contribution >= 0.6 is 0 Å². The van der Waals surface area contributed by atoms with Gasteiger partial charge in [0, 0.05) is 18.5 Å². The number of aromatic amines is 1. The average Bonchev–Trinajstić information content (AvgIpc) is 3.35. The number of amides is 1. The zero-order valence-electron chi connectivity index (χ0n) is 14.9. The van der Waals surface area contributed by atoms with E-state index in [4.69, 9.17) is 4.74 Å². The Morgan fingerprint density at radius 2 is 2.19 bits per heavy atom. The number of fused-ring (bicyclic) bond motifs is 1. The van der Waals surface area contributed by atoms with Crippen LogP contribution in [0.4, 0.5) is 5.82 Å². The van der Waals surface area contributed by atoms with Crippen molar-refractivity contribution in [3.63, 3.8) is 0 Å². The summed E-state index contributed by atoms with van der Waals surface area (Å²) in [6.45, 7) is 3.93. The number of tetrazole rings is 1. The number of hydrogen-bond acceptors (Lipinski definition) is 7. The minimum atomic E-state index is -0.378. The highest BCUT2D eigenvalue weighted by Crippen LogP contribution is 2.27. The summed E-state index contributed by atoms with van der Waals surface area (Å²) >= 11 is 0. The van der Waals surface area contributed by atoms with Gasteiger partial charge in [0.15, 0.2) is 11.6 Å². The molecule has 3 heterocycles. The molecule has 11 nitrogen and oxygen atoms in total. The Kier molecular flexibility index (Phi) is 4.03. The van der Waals surface area contributed by atoms with Crippen LogP contribution < -0.4 is 10.1 Å². The fourth-order valence-corrected chi connectivity index (χ4v) is 2.73. The highest BCUT2D eigenvalue weighted by molar-refractivity contribution is 6.09. The van der Waals surface area contributed by atoms with Crippen molar-refractivity contribution in [1.82, 2.24) is 40.2 Å². The number of anilines is 1. The van der Waals surface area contributed by atoms with Crippen LogP contribution in [0.3, 0.4) is 0 Å². The van der Waals surface area contributed by atoms with Gasteiger partial charge in [-0.15, -0.1) is 5.10 Å². The molecule has 1 aromatic carbocycles. The van der Waals surface area contributed by atoms with Gasteiger partial charge in [-0.05, 0) is 36.4 Å². The van der Waals surface area contributed by atoms with E-state index in [-0.39, 0.29) is 12.0 Å². The summed E-state index contributed by atoms with van der Waals surface area (Å²) in [5.41, 5.74) is 1.14. The second kappa shape index (κ2) is 6.52. The number of aryl methyl sites for hydroxylation is 1. The summed E-state index contributed by atoms with van der Waals surface area (Å²) in [6.07, 6.45) is 2.85. The Labute approximate surface area is 153 Å². The maximum Gasteiger partial charge on any atom is 0.262 e. The van der Waals surface area contributed by atoms with E-state index in [9.17, 15) is 4.79 Å². The molecule has 0 saturated carbocycles. The van der Waals surface area contributed by atoms with Crippen LogP contribution in [-0.2, 0) is 7.05 Å². The number of hydrogen-bond donors (Lipinski definition) is 2. The molecule has 4 aromatic rings. The number of carbonyl (C=O) groups excluding carboxylic acids is 1. The van der Waals surface area contributed by atoms with Crippen LogP contribution in [0.25, 0.3) is 16.7 Å². The molecule has 0 fully saturated rings. The van der Waals surface area contributed by atoms with Gasteiger partial charge in [-0.1, -0.05) is 0 Å². The van der Waals surface area contributed by atoms with Crippen LogP contribution in [0.15, 0.2) is 30.7 Å². The van der Waals surface area contributed by atoms with Crippen LogP contribution in [0.5, 0.6) is 5.75 Å². The number of rotatable bonds is 5. The van der Waals surface area contributed by atoms with Crippen molar-refractivity contribution in [3.8, 4) is 11.6 Å². The molecule has 3 aromatic heterocycles. The van der Waals surface area contributed by atoms with E-state index in [1.165, 1.54) is 17.2 Å². The van der Waals surface area contributed by atoms with Gasteiger partial charge in [0.2, 0.25) is 0 Å². The summed E-state index contributed by atoms with van der Waals surface area (Å²) in [4.78, 5) is 12.7. The molecule has 0 bridgehead atoms. The van der Waals surface area contributed by atoms with Crippen molar-refractivity contribution in [2.75, 3.05) is 5.32 Å². The fraction of sp³-hybridized carbons (Fsp3) is 0.250. The number of carbonyl (C=O) groups is 1. The number of nitrogens with one attached hydrogen (secondary N) is 2. The van der Waals surface area contributed by atoms with Gasteiger partial charge in [0.05, 0.1) is 17.8 Å². The highest BCUT2D eigenvalue weighted by atomic mass is 16.5. The molecule has 0 aliphatic rings. The second-order valence-electron chi connectivity index (χ2n) is 6.16. The van der Waals surface area contributed by atoms with Gasteiger partial charge >= 0.3 is 0 Å². The summed E-state index contributed by atoms with van der Waals surface area (Å²) in [5, 5.41) is 25.5. The summed E-state index contributed by atoms with van der Waals surface area (Å²) in [7, 11) is 1.81. The normalized spacial score (nSPS) is 11.3. The first kappa shape index (κ1) is 16.7. The minimum Gasteiger partial charge on any atom is -0.491 e. The average molecular weight is 367 g/mol. The zero-order valence-corrected chi connectivity index (χ0v) is 14.9. The molecule has 0 atom stereocenters. The highest BCUT2D eigenvalue weighted by Gasteiger charge is 2.19. The van der Waals surface area contributed by atoms with Gasteiger partial charge in [-0.2, -0.15) is 14.9 Å². The zero-order chi connectivity index (χ0) is 19.0. The van der Waals surface area contributed by atoms with E-state index in [1.54, 1.807) is 4.68 Å². The van der Waals surface area contributed by atoms with Gasteiger partial charge in [0.25, 0.3) is 5.91 Å². The monoisotopic (exact) mass is 367 g/mol. The van der Waals surface area contributed by atoms with E-state index in [1.807, 2.05) is 39.1 Å². The largest absolute Gasteiger partial charge is 0.491 e. The molecule has 4 rings (SSSR count). The predicted octanol–water partition coefficient (Wildman–Crippen LogP) is 1.31. The molecule has 1 amide bonds. The molecule has 0 aliphatic carbocycles. The van der Waals surface area contributed by atoms with Gasteiger partial charge in [0.1, 0.15) is 17.6 Å². The van der Waals surface area contributed by atoms with E-state index < -0.39 is 0 Å². The third-order valence-corrected chi connectivity index (χ3v) is 3.87. The molecular weight excluding hydrogens is 350 g/mol. The van der Waals surface area contributed by atoms with Crippen molar-refractivity contribution in [3.05, 3.63) is 36.3 Å². The molecule has 2 N–H and O–H groups in total. The lowest BCUT2D eigenvalue weighted by Crippen LogP contribution is -2.15. The molecule has 27 heavy (non-hydrogen) atoms. The molecule has 138 valence electrons. The third-order valence-electron chi connectivity index (χ3n) is 3.87. The summed E-state index contributed by atoms with van der Waals surface area (Å²) < 4.78 is 8.74. The smallest absolute Gasteiger partial charge is 0.262 e. The van der Waals surface area contributed by atoms with Crippen molar-refractivity contribution >= 4 is 22.6 Å². The molecule has 0 unspecified atom stereocenters. The topological polar surface area (TPSA) is 128 Å². The lowest BCUT2D eigenvalue weighted by Gasteiger charge is -2.09. The molecule has 11 heteroatoms. The maximum atomic E-state index is 12.7. The van der Waals surface area contributed by atoms with E-state index in [0.29, 0.717) is 17.2 Å². The van der Waals surface area contributed by atoms with Gasteiger partial charge in [-0.3, -0.25) is 14.6 Å². The molecular formula is C16H17N9O2. The number of benzene rings is 1. The molecule has 0 radical (unpaired) electrons. The Bertz CT molecular complexity index is 1090. The maximum absolute atomic E-state index is 12.7. The summed E-state index contributed by atoms with van der Waals surface area (Å²) in [5.74, 6) is 1.17. The lowest BCUT2D eigenvalue weighted by atomic mass is 10.2. The number of H-pyrrole nitrogens is 1. The third kappa shape index (κ3) is 3.10. The Balaban J connectivity index is 1.64. The van der Waals surface area contributed by atoms with Crippen molar-refractivity contribution in [2.45, 2.75) is 20.0 Å². The number of aromatic nitrogens is 8. The van der Waals surface area contributed by atoms with Crippen molar-refractivity contribution in [2.24, 2.45) is 7.05 Å².